The van der Waals surface area contributed by atoms with E-state index < -0.39 is 53.8 Å². The lowest BCUT2D eigenvalue weighted by molar-refractivity contribution is -0.172. The lowest BCUT2D eigenvalue weighted by atomic mass is 9.86. The molecule has 6 heterocycles. The molecule has 2 aromatic carbocycles. The van der Waals surface area contributed by atoms with Gasteiger partial charge >= 0.3 is 12.0 Å². The topological polar surface area (TPSA) is 280 Å². The van der Waals surface area contributed by atoms with E-state index in [0.717, 1.165) is 31.9 Å². The highest BCUT2D eigenvalue weighted by Gasteiger charge is 2.45. The van der Waals surface area contributed by atoms with Gasteiger partial charge in [-0.1, -0.05) is 51.1 Å². The average Bonchev–Trinajstić information content (AvgIpc) is 3.86. The van der Waals surface area contributed by atoms with Crippen LogP contribution in [0.25, 0.3) is 28.4 Å². The monoisotopic (exact) mass is 1010 g/mol. The van der Waals surface area contributed by atoms with Gasteiger partial charge in [-0.05, 0) is 91.0 Å². The Morgan fingerprint density at radius 2 is 1.79 bits per heavy atom. The largest absolute Gasteiger partial charge is 0.466 e. The maximum absolute atomic E-state index is 13.8. The standard InChI is InChI=1S/C51H58N8O12S/c1-4-51(68)34-23-37-44-32(24-59(37)48(65)33(34)26-70-49(51)66)31-19-22-72-45-38(16-15-35(55-44)42(31)45)71-27-69-25-29-11-13-30(14-12-29)54-46(63)36(9-8-20-53-50(52)67)56-47(64)43(28(2)3)57-39(60)10-6-5-7-21-58-40(61)17-18-41(58)62/h11-16,19,22-23,28,36,43,68H,4-10,17-18,20-21,24-27H2,1-3H3,(H,54,63)(H,56,64)(H,57,60)(H3,52,53,67)/t36-,43-,51-/m0/s1/i17T/t17?,36-,43-,51-. The number of ether oxygens (including phenoxy) is 3. The van der Waals surface area contributed by atoms with Gasteiger partial charge in [-0.15, -0.1) is 0 Å². The van der Waals surface area contributed by atoms with Crippen molar-refractivity contribution in [2.75, 3.05) is 25.2 Å². The zero-order chi connectivity index (χ0) is 52.1. The van der Waals surface area contributed by atoms with Crippen molar-refractivity contribution in [2.24, 2.45) is 11.7 Å². The fourth-order valence-corrected chi connectivity index (χ4v) is 10.1. The number of fused-ring (bicyclic) bond motifs is 5. The molecular weight excluding hydrogens is 949 g/mol. The first-order valence-corrected chi connectivity index (χ1v) is 24.9. The van der Waals surface area contributed by atoms with Gasteiger partial charge in [-0.2, -0.15) is 0 Å². The van der Waals surface area contributed by atoms with Crippen LogP contribution in [0.4, 0.5) is 10.5 Å². The van der Waals surface area contributed by atoms with Gasteiger partial charge in [0.2, 0.25) is 29.5 Å². The van der Waals surface area contributed by atoms with Crippen molar-refractivity contribution in [1.82, 2.24) is 30.4 Å². The third-order valence-corrected chi connectivity index (χ3v) is 14.1. The van der Waals surface area contributed by atoms with Crippen molar-refractivity contribution in [3.8, 4) is 17.1 Å². The molecule has 0 aliphatic carbocycles. The summed E-state index contributed by atoms with van der Waals surface area (Å²) in [6, 6.07) is 9.54. The highest BCUT2D eigenvalue weighted by atomic mass is 32.2. The molecule has 7 amide bonds. The Labute approximate surface area is 420 Å². The molecule has 0 saturated carbocycles. The number of unbranched alkanes of at least 4 members (excludes halogenated alkanes) is 2. The molecule has 0 spiro atoms. The van der Waals surface area contributed by atoms with E-state index in [2.05, 4.69) is 21.3 Å². The van der Waals surface area contributed by atoms with Crippen LogP contribution in [0.15, 0.2) is 57.6 Å². The van der Waals surface area contributed by atoms with Gasteiger partial charge in [-0.25, -0.2) is 14.6 Å². The number of carbonyl (C=O) groups excluding carboxylic acids is 7. The number of imide groups is 1. The molecule has 21 heteroatoms. The second-order valence-corrected chi connectivity index (χ2v) is 19.3. The average molecular weight is 1010 g/mol. The Morgan fingerprint density at radius 1 is 1.00 bits per heavy atom. The maximum Gasteiger partial charge on any atom is 0.343 e. The van der Waals surface area contributed by atoms with E-state index in [1.165, 1.54) is 11.8 Å². The van der Waals surface area contributed by atoms with Crippen molar-refractivity contribution in [3.63, 3.8) is 0 Å². The number of anilines is 1. The summed E-state index contributed by atoms with van der Waals surface area (Å²) in [5, 5.41) is 25.0. The van der Waals surface area contributed by atoms with Gasteiger partial charge in [0.15, 0.2) is 12.4 Å². The van der Waals surface area contributed by atoms with Crippen LogP contribution in [0.5, 0.6) is 5.75 Å². The van der Waals surface area contributed by atoms with Gasteiger partial charge in [0.25, 0.3) is 5.56 Å². The lowest BCUT2D eigenvalue weighted by Crippen LogP contribution is -2.54. The number of carbonyl (C=O) groups is 7. The van der Waals surface area contributed by atoms with Gasteiger partial charge in [0.05, 0.1) is 40.5 Å². The molecule has 7 N–H and O–H groups in total. The number of cyclic esters (lactones) is 1. The quantitative estimate of drug-likeness (QED) is 0.0242. The zero-order valence-corrected chi connectivity index (χ0v) is 41.0. The number of amides is 7. The molecule has 4 atom stereocenters. The summed E-state index contributed by atoms with van der Waals surface area (Å²) in [5.41, 5.74) is 8.23. The van der Waals surface area contributed by atoms with E-state index in [1.807, 2.05) is 23.6 Å². The minimum atomic E-state index is -1.93. The fraction of sp³-hybridized carbons (Fsp3) is 0.431. The molecule has 4 aliphatic heterocycles. The Hall–Kier alpha value is -7.10. The molecule has 1 saturated heterocycles. The summed E-state index contributed by atoms with van der Waals surface area (Å²) in [7, 11) is 0. The van der Waals surface area contributed by atoms with Gasteiger partial charge < -0.3 is 50.9 Å². The molecule has 0 radical (unpaired) electrons. The molecule has 0 bridgehead atoms. The van der Waals surface area contributed by atoms with Crippen molar-refractivity contribution in [1.29, 1.82) is 0 Å². The number of thioether (sulfide) groups is 1. The van der Waals surface area contributed by atoms with Crippen LogP contribution in [-0.4, -0.2) is 93.1 Å². The van der Waals surface area contributed by atoms with Crippen LogP contribution < -0.4 is 37.3 Å². The number of likely N-dealkylation sites (tertiary alicyclic amines) is 1. The molecule has 380 valence electrons. The Balaban J connectivity index is 0.848. The van der Waals surface area contributed by atoms with Crippen LogP contribution >= 0.6 is 11.8 Å². The number of aromatic nitrogens is 2. The van der Waals surface area contributed by atoms with Gasteiger partial charge in [-0.3, -0.25) is 33.7 Å². The lowest BCUT2D eigenvalue weighted by Gasteiger charge is -2.31. The smallest absolute Gasteiger partial charge is 0.343 e. The number of nitrogens with two attached hydrogens (primary N) is 1. The molecule has 72 heavy (non-hydrogen) atoms. The number of hydrogen-bond acceptors (Lipinski definition) is 14. The van der Waals surface area contributed by atoms with Crippen molar-refractivity contribution >= 4 is 76.0 Å². The summed E-state index contributed by atoms with van der Waals surface area (Å²) in [6.07, 6.45) is 2.88. The van der Waals surface area contributed by atoms with Gasteiger partial charge in [0.1, 0.15) is 24.4 Å². The highest BCUT2D eigenvalue weighted by Crippen LogP contribution is 2.47. The number of nitrogens with one attached hydrogen (secondary N) is 4. The minimum absolute atomic E-state index is 0.0456. The van der Waals surface area contributed by atoms with E-state index in [1.54, 1.807) is 55.7 Å². The second kappa shape index (κ2) is 22.1. The van der Waals surface area contributed by atoms with Crippen LogP contribution in [-0.2, 0) is 63.6 Å². The third-order valence-electron chi connectivity index (χ3n) is 13.2. The number of pyridine rings is 2. The summed E-state index contributed by atoms with van der Waals surface area (Å²) in [6.45, 7) is 5.67. The number of benzene rings is 2. The molecule has 2 aromatic heterocycles. The zero-order valence-electron chi connectivity index (χ0n) is 41.2. The number of hydrogen-bond donors (Lipinski definition) is 6. The molecule has 1 unspecified atom stereocenters. The number of primary amides is 1. The van der Waals surface area contributed by atoms with E-state index in [4.69, 9.17) is 26.3 Å². The van der Waals surface area contributed by atoms with Crippen LogP contribution in [0.3, 0.4) is 0 Å². The first-order chi connectivity index (χ1) is 35.0. The fourth-order valence-electron chi connectivity index (χ4n) is 9.23. The predicted molar refractivity (Wildman–Crippen MR) is 265 cm³/mol. The SMILES string of the molecule is [3H]C1CC(=O)N(CCCCCC(=O)N[C@H](C(=O)N[C@@H](CCCNC(N)=O)C(=O)Nc2ccc(COCOc3ccc4nc5c(c6c4c3SC=C6)Cn3c-5cc4c(c3=O)COC(=O)[C@]4(O)CC)cc2)C(C)C)C1=O. The molecule has 4 aromatic rings. The summed E-state index contributed by atoms with van der Waals surface area (Å²) in [4.78, 5) is 109. The first-order valence-electron chi connectivity index (χ1n) is 24.6. The number of nitrogens with zero attached hydrogens (tertiary/aromatic N) is 3. The number of rotatable bonds is 22. The number of aliphatic hydroxyl groups is 1. The van der Waals surface area contributed by atoms with Crippen LogP contribution in [0.2, 0.25) is 0 Å². The van der Waals surface area contributed by atoms with Crippen LogP contribution in [0.1, 0.15) is 108 Å². The van der Waals surface area contributed by atoms with E-state index >= 15 is 0 Å². The van der Waals surface area contributed by atoms with Crippen LogP contribution in [0, 0.1) is 5.92 Å². The maximum atomic E-state index is 13.8. The predicted octanol–water partition coefficient (Wildman–Crippen LogP) is 4.43. The molecular formula is C51H58N8O12S. The molecule has 20 nitrogen and oxygen atoms in total. The first kappa shape index (κ1) is 49.9. The Morgan fingerprint density at radius 3 is 2.51 bits per heavy atom. The van der Waals surface area contributed by atoms with Crippen molar-refractivity contribution in [2.45, 2.75) is 121 Å². The van der Waals surface area contributed by atoms with E-state index in [-0.39, 0.29) is 99.7 Å². The summed E-state index contributed by atoms with van der Waals surface area (Å²) in [5.74, 6) is -2.86. The van der Waals surface area contributed by atoms with E-state index in [9.17, 15) is 43.5 Å². The second-order valence-electron chi connectivity index (χ2n) is 18.3. The number of urea groups is 1. The number of esters is 1. The Kier molecular flexibility index (Phi) is 15.3. The molecule has 4 aliphatic rings. The molecule has 8 rings (SSSR count). The van der Waals surface area contributed by atoms with Crippen molar-refractivity contribution in [3.05, 3.63) is 86.0 Å². The summed E-state index contributed by atoms with van der Waals surface area (Å²) >= 11 is 1.47. The third kappa shape index (κ3) is 10.9. The minimum Gasteiger partial charge on any atom is -0.466 e. The Bertz CT molecular complexity index is 2960. The van der Waals surface area contributed by atoms with E-state index in [0.29, 0.717) is 54.0 Å². The summed E-state index contributed by atoms with van der Waals surface area (Å²) < 4.78 is 26.5. The van der Waals surface area contributed by atoms with Gasteiger partial charge in [0, 0.05) is 55.9 Å². The van der Waals surface area contributed by atoms with Crippen molar-refractivity contribution < 1.29 is 54.2 Å². The normalized spacial score (nSPS) is 18.5. The highest BCUT2D eigenvalue weighted by molar-refractivity contribution is 8.02. The molecule has 1 fully saturated rings.